The molecule has 0 saturated heterocycles. The number of nitrogens with one attached hydrogen (secondary N) is 1. The lowest BCUT2D eigenvalue weighted by molar-refractivity contribution is 0.204. The van der Waals surface area contributed by atoms with Crippen molar-refractivity contribution in [1.82, 2.24) is 10.2 Å². The Morgan fingerprint density at radius 2 is 1.93 bits per heavy atom. The van der Waals surface area contributed by atoms with E-state index in [1.54, 1.807) is 19.0 Å². The lowest BCUT2D eigenvalue weighted by Gasteiger charge is -2.29. The second kappa shape index (κ2) is 6.55. The Labute approximate surface area is 106 Å². The Hall–Kier alpha value is 0. The monoisotopic (exact) mass is 324 g/mol. The van der Waals surface area contributed by atoms with Crippen LogP contribution >= 0.6 is 22.6 Å². The second-order valence-electron chi connectivity index (χ2n) is 4.54. The summed E-state index contributed by atoms with van der Waals surface area (Å²) in [6.07, 6.45) is 6.21. The first kappa shape index (κ1) is 13.1. The zero-order valence-corrected chi connectivity index (χ0v) is 11.8. The SMILES string of the molecule is CN(C)C(=O)NC1CCC(CCI)CC1. The van der Waals surface area contributed by atoms with Crippen LogP contribution in [0.4, 0.5) is 4.79 Å². The van der Waals surface area contributed by atoms with E-state index in [1.165, 1.54) is 23.7 Å². The van der Waals surface area contributed by atoms with Gasteiger partial charge in [-0.3, -0.25) is 0 Å². The van der Waals surface area contributed by atoms with E-state index in [0.29, 0.717) is 6.04 Å². The highest BCUT2D eigenvalue weighted by Gasteiger charge is 2.22. The number of amides is 2. The van der Waals surface area contributed by atoms with Crippen LogP contribution < -0.4 is 5.32 Å². The van der Waals surface area contributed by atoms with Gasteiger partial charge in [0.15, 0.2) is 0 Å². The molecule has 1 saturated carbocycles. The minimum atomic E-state index is 0.0485. The summed E-state index contributed by atoms with van der Waals surface area (Å²) >= 11 is 2.45. The van der Waals surface area contributed by atoms with E-state index in [9.17, 15) is 4.79 Å². The Morgan fingerprint density at radius 3 is 2.40 bits per heavy atom. The van der Waals surface area contributed by atoms with Crippen LogP contribution in [0.15, 0.2) is 0 Å². The smallest absolute Gasteiger partial charge is 0.317 e. The number of nitrogens with zero attached hydrogens (tertiary/aromatic N) is 1. The maximum absolute atomic E-state index is 11.4. The molecule has 15 heavy (non-hydrogen) atoms. The highest BCUT2D eigenvalue weighted by atomic mass is 127. The van der Waals surface area contributed by atoms with Gasteiger partial charge in [0.05, 0.1) is 0 Å². The van der Waals surface area contributed by atoms with Crippen LogP contribution in [0.25, 0.3) is 0 Å². The van der Waals surface area contributed by atoms with Gasteiger partial charge in [0, 0.05) is 20.1 Å². The highest BCUT2D eigenvalue weighted by Crippen LogP contribution is 2.27. The van der Waals surface area contributed by atoms with E-state index in [4.69, 9.17) is 0 Å². The number of urea groups is 1. The third-order valence-corrected chi connectivity index (χ3v) is 3.72. The molecule has 1 aliphatic carbocycles. The van der Waals surface area contributed by atoms with E-state index < -0.39 is 0 Å². The molecule has 0 bridgehead atoms. The lowest BCUT2D eigenvalue weighted by atomic mass is 9.84. The topological polar surface area (TPSA) is 32.3 Å². The van der Waals surface area contributed by atoms with Crippen molar-refractivity contribution in [3.63, 3.8) is 0 Å². The summed E-state index contributed by atoms with van der Waals surface area (Å²) in [6.45, 7) is 0. The molecule has 0 radical (unpaired) electrons. The van der Waals surface area contributed by atoms with E-state index in [-0.39, 0.29) is 6.03 Å². The summed E-state index contributed by atoms with van der Waals surface area (Å²) in [5.74, 6) is 0.898. The normalized spacial score (nSPS) is 26.1. The molecule has 3 nitrogen and oxygen atoms in total. The van der Waals surface area contributed by atoms with Gasteiger partial charge in [0.1, 0.15) is 0 Å². The van der Waals surface area contributed by atoms with Gasteiger partial charge in [-0.1, -0.05) is 22.6 Å². The van der Waals surface area contributed by atoms with Crippen LogP contribution in [-0.4, -0.2) is 35.5 Å². The van der Waals surface area contributed by atoms with Crippen molar-refractivity contribution in [2.75, 3.05) is 18.5 Å². The van der Waals surface area contributed by atoms with Gasteiger partial charge in [-0.05, 0) is 42.4 Å². The third-order valence-electron chi connectivity index (χ3n) is 3.10. The summed E-state index contributed by atoms with van der Waals surface area (Å²) < 4.78 is 1.26. The molecule has 1 rings (SSSR count). The molecule has 0 atom stereocenters. The molecule has 0 aliphatic heterocycles. The number of carbonyl (C=O) groups is 1. The average molecular weight is 324 g/mol. The van der Waals surface area contributed by atoms with Crippen molar-refractivity contribution in [2.45, 2.75) is 38.1 Å². The number of hydrogen-bond acceptors (Lipinski definition) is 1. The first-order chi connectivity index (χ1) is 7.13. The molecule has 0 spiro atoms. The fourth-order valence-electron chi connectivity index (χ4n) is 2.05. The van der Waals surface area contributed by atoms with Gasteiger partial charge in [0.2, 0.25) is 0 Å². The number of hydrogen-bond donors (Lipinski definition) is 1. The third kappa shape index (κ3) is 4.57. The van der Waals surface area contributed by atoms with E-state index in [2.05, 4.69) is 27.9 Å². The van der Waals surface area contributed by atoms with Crippen molar-refractivity contribution in [2.24, 2.45) is 5.92 Å². The average Bonchev–Trinajstić information content (AvgIpc) is 2.21. The summed E-state index contributed by atoms with van der Waals surface area (Å²) in [5, 5.41) is 3.07. The molecule has 2 amide bonds. The molecule has 4 heteroatoms. The number of rotatable bonds is 3. The van der Waals surface area contributed by atoms with Crippen molar-refractivity contribution in [3.8, 4) is 0 Å². The van der Waals surface area contributed by atoms with Gasteiger partial charge < -0.3 is 10.2 Å². The Bertz CT molecular complexity index is 201. The predicted octanol–water partition coefficient (Wildman–Crippen LogP) is 2.64. The predicted molar refractivity (Wildman–Crippen MR) is 71.5 cm³/mol. The van der Waals surface area contributed by atoms with Crippen molar-refractivity contribution in [3.05, 3.63) is 0 Å². The van der Waals surface area contributed by atoms with E-state index >= 15 is 0 Å². The summed E-state index contributed by atoms with van der Waals surface area (Å²) in [5.41, 5.74) is 0. The quantitative estimate of drug-likeness (QED) is 0.628. The van der Waals surface area contributed by atoms with Crippen LogP contribution in [0.5, 0.6) is 0 Å². The van der Waals surface area contributed by atoms with Gasteiger partial charge in [-0.2, -0.15) is 0 Å². The number of alkyl halides is 1. The summed E-state index contributed by atoms with van der Waals surface area (Å²) in [6, 6.07) is 0.456. The minimum absolute atomic E-state index is 0.0485. The molecule has 1 fully saturated rings. The molecule has 1 N–H and O–H groups in total. The number of halogens is 1. The standard InChI is InChI=1S/C11H21IN2O/c1-14(2)11(15)13-10-5-3-9(4-6-10)7-8-12/h9-10H,3-8H2,1-2H3,(H,13,15). The van der Waals surface area contributed by atoms with Crippen molar-refractivity contribution in [1.29, 1.82) is 0 Å². The molecular formula is C11H21IN2O. The fraction of sp³-hybridized carbons (Fsp3) is 0.909. The van der Waals surface area contributed by atoms with Crippen LogP contribution in [0.2, 0.25) is 0 Å². The van der Waals surface area contributed by atoms with Crippen LogP contribution in [0.1, 0.15) is 32.1 Å². The van der Waals surface area contributed by atoms with Gasteiger partial charge in [0.25, 0.3) is 0 Å². The molecule has 1 aliphatic rings. The second-order valence-corrected chi connectivity index (χ2v) is 5.62. The largest absolute Gasteiger partial charge is 0.335 e. The first-order valence-electron chi connectivity index (χ1n) is 5.67. The van der Waals surface area contributed by atoms with E-state index in [1.807, 2.05) is 0 Å². The zero-order chi connectivity index (χ0) is 11.3. The van der Waals surface area contributed by atoms with Crippen LogP contribution in [0, 0.1) is 5.92 Å². The zero-order valence-electron chi connectivity index (χ0n) is 9.63. The molecule has 0 unspecified atom stereocenters. The Morgan fingerprint density at radius 1 is 1.33 bits per heavy atom. The maximum atomic E-state index is 11.4. The Balaban J connectivity index is 2.22. The van der Waals surface area contributed by atoms with Crippen LogP contribution in [-0.2, 0) is 0 Å². The van der Waals surface area contributed by atoms with E-state index in [0.717, 1.165) is 18.8 Å². The van der Waals surface area contributed by atoms with Crippen LogP contribution in [0.3, 0.4) is 0 Å². The maximum Gasteiger partial charge on any atom is 0.317 e. The first-order valence-corrected chi connectivity index (χ1v) is 7.19. The minimum Gasteiger partial charge on any atom is -0.335 e. The fourth-order valence-corrected chi connectivity index (χ4v) is 2.93. The number of carbonyl (C=O) groups excluding carboxylic acids is 1. The molecule has 88 valence electrons. The van der Waals surface area contributed by atoms with Crippen molar-refractivity contribution >= 4 is 28.6 Å². The van der Waals surface area contributed by atoms with Gasteiger partial charge in [-0.15, -0.1) is 0 Å². The highest BCUT2D eigenvalue weighted by molar-refractivity contribution is 14.1. The molecular weight excluding hydrogens is 303 g/mol. The van der Waals surface area contributed by atoms with Gasteiger partial charge >= 0.3 is 6.03 Å². The summed E-state index contributed by atoms with van der Waals surface area (Å²) in [7, 11) is 3.58. The molecule has 0 heterocycles. The lowest BCUT2D eigenvalue weighted by Crippen LogP contribution is -2.43. The molecule has 0 aromatic heterocycles. The van der Waals surface area contributed by atoms with Gasteiger partial charge in [-0.25, -0.2) is 4.79 Å². The molecule has 0 aromatic carbocycles. The van der Waals surface area contributed by atoms with Crippen molar-refractivity contribution < 1.29 is 4.79 Å². The summed E-state index contributed by atoms with van der Waals surface area (Å²) in [4.78, 5) is 13.0. The molecule has 0 aromatic rings. The Kier molecular flexibility index (Phi) is 5.71.